The Kier molecular flexibility index (Phi) is 3.67. The highest BCUT2D eigenvalue weighted by Gasteiger charge is 2.39. The minimum atomic E-state index is -4.53. The first-order valence-corrected chi connectivity index (χ1v) is 6.90. The minimum absolute atomic E-state index is 0.0314. The van der Waals surface area contributed by atoms with Crippen LogP contribution in [0.1, 0.15) is 21.7 Å². The predicted octanol–water partition coefficient (Wildman–Crippen LogP) is 2.67. The summed E-state index contributed by atoms with van der Waals surface area (Å²) in [6.07, 6.45) is -2.24. The van der Waals surface area contributed by atoms with E-state index in [-0.39, 0.29) is 28.6 Å². The summed E-state index contributed by atoms with van der Waals surface area (Å²) in [5.41, 5.74) is -0.985. The zero-order chi connectivity index (χ0) is 16.8. The van der Waals surface area contributed by atoms with E-state index in [1.54, 1.807) is 4.90 Å². The van der Waals surface area contributed by atoms with E-state index in [0.717, 1.165) is 12.5 Å². The maximum atomic E-state index is 13.0. The third-order valence-electron chi connectivity index (χ3n) is 3.53. The van der Waals surface area contributed by atoms with E-state index in [4.69, 9.17) is 16.7 Å². The molecule has 2 aromatic heterocycles. The Labute approximate surface area is 133 Å². The van der Waals surface area contributed by atoms with Crippen LogP contribution in [0, 0.1) is 0 Å². The zero-order valence-electron chi connectivity index (χ0n) is 11.5. The molecule has 0 spiro atoms. The van der Waals surface area contributed by atoms with Crippen molar-refractivity contribution < 1.29 is 23.1 Å². The van der Waals surface area contributed by atoms with Gasteiger partial charge in [-0.15, -0.1) is 0 Å². The number of carboxylic acids is 1. The number of imidazole rings is 1. The molecule has 0 amide bonds. The van der Waals surface area contributed by atoms with Crippen molar-refractivity contribution in [2.75, 3.05) is 11.4 Å². The van der Waals surface area contributed by atoms with Gasteiger partial charge in [0, 0.05) is 19.3 Å². The lowest BCUT2D eigenvalue weighted by Crippen LogP contribution is -2.35. The molecule has 0 saturated carbocycles. The van der Waals surface area contributed by atoms with Gasteiger partial charge in [0.2, 0.25) is 0 Å². The lowest BCUT2D eigenvalue weighted by molar-refractivity contribution is -0.141. The quantitative estimate of drug-likeness (QED) is 0.905. The molecule has 0 saturated heterocycles. The number of anilines is 1. The number of aromatic carboxylic acids is 1. The van der Waals surface area contributed by atoms with Crippen molar-refractivity contribution in [2.45, 2.75) is 19.3 Å². The van der Waals surface area contributed by atoms with Gasteiger partial charge in [-0.3, -0.25) is 0 Å². The maximum Gasteiger partial charge on any atom is 0.435 e. The molecule has 23 heavy (non-hydrogen) atoms. The van der Waals surface area contributed by atoms with E-state index in [1.165, 1.54) is 10.6 Å². The lowest BCUT2D eigenvalue weighted by Gasteiger charge is -2.30. The number of hydrogen-bond acceptors (Lipinski definition) is 4. The number of aromatic nitrogens is 3. The summed E-state index contributed by atoms with van der Waals surface area (Å²) >= 11 is 6.03. The van der Waals surface area contributed by atoms with E-state index in [2.05, 4.69) is 9.97 Å². The number of carbonyl (C=O) groups is 1. The van der Waals surface area contributed by atoms with E-state index in [9.17, 15) is 18.0 Å². The summed E-state index contributed by atoms with van der Waals surface area (Å²) in [4.78, 5) is 19.9. The van der Waals surface area contributed by atoms with Crippen LogP contribution in [0.2, 0.25) is 5.02 Å². The van der Waals surface area contributed by atoms with Gasteiger partial charge < -0.3 is 14.6 Å². The molecule has 6 nitrogen and oxygen atoms in total. The second-order valence-corrected chi connectivity index (χ2v) is 5.39. The third kappa shape index (κ3) is 2.83. The van der Waals surface area contributed by atoms with Crippen LogP contribution in [0.25, 0.3) is 0 Å². The van der Waals surface area contributed by atoms with Crippen molar-refractivity contribution in [1.82, 2.24) is 14.5 Å². The Morgan fingerprint density at radius 3 is 2.65 bits per heavy atom. The van der Waals surface area contributed by atoms with Crippen molar-refractivity contribution in [3.8, 4) is 0 Å². The van der Waals surface area contributed by atoms with Crippen LogP contribution in [0.4, 0.5) is 19.0 Å². The Balaban J connectivity index is 1.93. The molecule has 122 valence electrons. The Bertz CT molecular complexity index is 775. The summed E-state index contributed by atoms with van der Waals surface area (Å²) in [5.74, 6) is -0.931. The van der Waals surface area contributed by atoms with Gasteiger partial charge in [0.25, 0.3) is 0 Å². The van der Waals surface area contributed by atoms with Crippen molar-refractivity contribution in [2.24, 2.45) is 0 Å². The van der Waals surface area contributed by atoms with Gasteiger partial charge in [0.05, 0.1) is 29.2 Å². The van der Waals surface area contributed by atoms with Crippen LogP contribution < -0.4 is 4.90 Å². The lowest BCUT2D eigenvalue weighted by atomic mass is 10.2. The molecule has 2 aromatic rings. The van der Waals surface area contributed by atoms with Crippen molar-refractivity contribution in [3.05, 3.63) is 40.6 Å². The number of halogens is 4. The summed E-state index contributed by atoms with van der Waals surface area (Å²) in [7, 11) is 0. The van der Waals surface area contributed by atoms with Gasteiger partial charge in [-0.1, -0.05) is 11.6 Å². The molecule has 1 aliphatic rings. The predicted molar refractivity (Wildman–Crippen MR) is 74.5 cm³/mol. The smallest absolute Gasteiger partial charge is 0.435 e. The minimum Gasteiger partial charge on any atom is -0.478 e. The molecular weight excluding hydrogens is 337 g/mol. The fourth-order valence-electron chi connectivity index (χ4n) is 2.45. The second kappa shape index (κ2) is 5.41. The average Bonchev–Trinajstić information content (AvgIpc) is 2.89. The fourth-order valence-corrected chi connectivity index (χ4v) is 2.74. The number of alkyl halides is 3. The van der Waals surface area contributed by atoms with Crippen LogP contribution in [0.15, 0.2) is 18.6 Å². The number of nitrogens with zero attached hydrogens (tertiary/aromatic N) is 4. The van der Waals surface area contributed by atoms with E-state index in [0.29, 0.717) is 13.1 Å². The Morgan fingerprint density at radius 2 is 2.04 bits per heavy atom. The molecule has 0 fully saturated rings. The number of carboxylic acid groups (broad SMARTS) is 1. The monoisotopic (exact) mass is 346 g/mol. The molecule has 1 aliphatic heterocycles. The highest BCUT2D eigenvalue weighted by atomic mass is 35.5. The molecule has 10 heteroatoms. The van der Waals surface area contributed by atoms with Gasteiger partial charge in [-0.05, 0) is 6.07 Å². The summed E-state index contributed by atoms with van der Waals surface area (Å²) in [6.45, 7) is 0.630. The standard InChI is InChI=1S/C13H10ClF3N4O2/c14-8-3-7(12(22)23)4-18-11(8)20-1-2-21-6-19-10(9(21)5-20)13(15,16)17/h3-4,6H,1-2,5H2,(H,22,23). The molecule has 0 unspecified atom stereocenters. The van der Waals surface area contributed by atoms with Crippen LogP contribution in [-0.2, 0) is 19.3 Å². The van der Waals surface area contributed by atoms with Crippen LogP contribution in [-0.4, -0.2) is 32.2 Å². The fraction of sp³-hybridized carbons (Fsp3) is 0.308. The maximum absolute atomic E-state index is 13.0. The van der Waals surface area contributed by atoms with Crippen molar-refractivity contribution >= 4 is 23.4 Å². The number of pyridine rings is 1. The zero-order valence-corrected chi connectivity index (χ0v) is 12.3. The number of hydrogen-bond donors (Lipinski definition) is 1. The van der Waals surface area contributed by atoms with E-state index in [1.807, 2.05) is 0 Å². The molecule has 0 atom stereocenters. The largest absolute Gasteiger partial charge is 0.478 e. The first kappa shape index (κ1) is 15.6. The first-order valence-electron chi connectivity index (χ1n) is 6.52. The number of fused-ring (bicyclic) bond motifs is 1. The molecule has 3 heterocycles. The normalized spacial score (nSPS) is 14.7. The molecule has 0 radical (unpaired) electrons. The van der Waals surface area contributed by atoms with Crippen LogP contribution in [0.5, 0.6) is 0 Å². The summed E-state index contributed by atoms with van der Waals surface area (Å²) in [6, 6.07) is 1.22. The molecule has 0 bridgehead atoms. The van der Waals surface area contributed by atoms with Crippen molar-refractivity contribution in [1.29, 1.82) is 0 Å². The number of rotatable bonds is 2. The topological polar surface area (TPSA) is 71.2 Å². The van der Waals surface area contributed by atoms with E-state index < -0.39 is 17.8 Å². The molecule has 0 aliphatic carbocycles. The van der Waals surface area contributed by atoms with Gasteiger partial charge in [-0.2, -0.15) is 13.2 Å². The van der Waals surface area contributed by atoms with Gasteiger partial charge in [-0.25, -0.2) is 14.8 Å². The highest BCUT2D eigenvalue weighted by Crippen LogP contribution is 2.34. The molecule has 1 N–H and O–H groups in total. The Hall–Kier alpha value is -2.29. The second-order valence-electron chi connectivity index (χ2n) is 4.99. The van der Waals surface area contributed by atoms with Crippen LogP contribution in [0.3, 0.4) is 0 Å². The molecule has 0 aromatic carbocycles. The van der Waals surface area contributed by atoms with Gasteiger partial charge in [0.15, 0.2) is 5.69 Å². The van der Waals surface area contributed by atoms with E-state index >= 15 is 0 Å². The van der Waals surface area contributed by atoms with Gasteiger partial charge in [0.1, 0.15) is 5.82 Å². The van der Waals surface area contributed by atoms with Crippen LogP contribution >= 0.6 is 11.6 Å². The summed E-state index contributed by atoms with van der Waals surface area (Å²) < 4.78 is 40.3. The molecular formula is C13H10ClF3N4O2. The Morgan fingerprint density at radius 1 is 1.30 bits per heavy atom. The molecule has 3 rings (SSSR count). The SMILES string of the molecule is O=C(O)c1cnc(N2CCn3cnc(C(F)(F)F)c3C2)c(Cl)c1. The highest BCUT2D eigenvalue weighted by molar-refractivity contribution is 6.33. The average molecular weight is 347 g/mol. The third-order valence-corrected chi connectivity index (χ3v) is 3.81. The van der Waals surface area contributed by atoms with Gasteiger partial charge >= 0.3 is 12.1 Å². The van der Waals surface area contributed by atoms with Crippen molar-refractivity contribution in [3.63, 3.8) is 0 Å². The summed E-state index contributed by atoms with van der Waals surface area (Å²) in [5, 5.41) is 8.97. The first-order chi connectivity index (χ1) is 10.8.